The van der Waals surface area contributed by atoms with Crippen LogP contribution in [-0.2, 0) is 9.31 Å². The van der Waals surface area contributed by atoms with Crippen molar-refractivity contribution in [2.45, 2.75) is 52.2 Å². The van der Waals surface area contributed by atoms with E-state index in [2.05, 4.69) is 34.3 Å². The lowest BCUT2D eigenvalue weighted by atomic mass is 9.79. The minimum atomic E-state index is -0.348. The van der Waals surface area contributed by atoms with Gasteiger partial charge in [-0.15, -0.1) is 6.58 Å². The molecular weight excluding hydrogens is 263 g/mol. The molecule has 0 bridgehead atoms. The van der Waals surface area contributed by atoms with Crippen LogP contribution in [0, 0.1) is 0 Å². The van der Waals surface area contributed by atoms with Crippen LogP contribution in [0.2, 0.25) is 0 Å². The summed E-state index contributed by atoms with van der Waals surface area (Å²) < 4.78 is 17.9. The van der Waals surface area contributed by atoms with Gasteiger partial charge in [0.1, 0.15) is 5.75 Å². The molecule has 0 aromatic heterocycles. The third-order valence-corrected chi connectivity index (χ3v) is 4.18. The number of hydrogen-bond acceptors (Lipinski definition) is 3. The molecule has 21 heavy (non-hydrogen) atoms. The molecule has 0 amide bonds. The van der Waals surface area contributed by atoms with Crippen LogP contribution in [0.1, 0.15) is 41.0 Å². The van der Waals surface area contributed by atoms with E-state index in [0.29, 0.717) is 6.61 Å². The van der Waals surface area contributed by atoms with E-state index in [1.165, 1.54) is 0 Å². The zero-order chi connectivity index (χ0) is 15.7. The van der Waals surface area contributed by atoms with Gasteiger partial charge in [-0.25, -0.2) is 0 Å². The lowest BCUT2D eigenvalue weighted by molar-refractivity contribution is 0.00578. The Kier molecular flexibility index (Phi) is 4.50. The van der Waals surface area contributed by atoms with Crippen LogP contribution in [0.15, 0.2) is 36.4 Å². The van der Waals surface area contributed by atoms with Crippen LogP contribution in [0.4, 0.5) is 0 Å². The Morgan fingerprint density at radius 2 is 1.81 bits per heavy atom. The number of benzene rings is 1. The smallest absolute Gasteiger partial charge is 0.493 e. The molecule has 114 valence electrons. The van der Waals surface area contributed by atoms with Gasteiger partial charge in [-0.1, -0.05) is 17.7 Å². The maximum Gasteiger partial charge on any atom is 0.494 e. The lowest BCUT2D eigenvalue weighted by Gasteiger charge is -2.32. The van der Waals surface area contributed by atoms with Crippen molar-refractivity contribution in [1.29, 1.82) is 0 Å². The molecule has 2 rings (SSSR count). The van der Waals surface area contributed by atoms with Crippen molar-refractivity contribution < 1.29 is 14.0 Å². The van der Waals surface area contributed by atoms with Gasteiger partial charge in [0.25, 0.3) is 0 Å². The number of hydrogen-bond donors (Lipinski definition) is 0. The van der Waals surface area contributed by atoms with Gasteiger partial charge in [0.2, 0.25) is 0 Å². The third kappa shape index (κ3) is 3.69. The first-order valence-electron chi connectivity index (χ1n) is 7.44. The molecule has 1 heterocycles. The molecule has 1 saturated heterocycles. The largest absolute Gasteiger partial charge is 0.494 e. The highest BCUT2D eigenvalue weighted by molar-refractivity contribution is 6.62. The quantitative estimate of drug-likeness (QED) is 0.614. The second kappa shape index (κ2) is 5.86. The van der Waals surface area contributed by atoms with Crippen molar-refractivity contribution in [2.75, 3.05) is 6.61 Å². The fourth-order valence-corrected chi connectivity index (χ4v) is 2.07. The summed E-state index contributed by atoms with van der Waals surface area (Å²) in [5.41, 5.74) is 1.46. The van der Waals surface area contributed by atoms with Gasteiger partial charge in [-0.3, -0.25) is 0 Å². The molecule has 1 aromatic rings. The second-order valence-corrected chi connectivity index (χ2v) is 6.72. The lowest BCUT2D eigenvalue weighted by Crippen LogP contribution is -2.41. The monoisotopic (exact) mass is 288 g/mol. The molecule has 0 aliphatic carbocycles. The van der Waals surface area contributed by atoms with Crippen LogP contribution in [-0.4, -0.2) is 24.9 Å². The highest BCUT2D eigenvalue weighted by atomic mass is 16.7. The summed E-state index contributed by atoms with van der Waals surface area (Å²) >= 11 is 0. The second-order valence-electron chi connectivity index (χ2n) is 6.72. The van der Waals surface area contributed by atoms with E-state index < -0.39 is 0 Å². The highest BCUT2D eigenvalue weighted by Gasteiger charge is 2.51. The predicted molar refractivity (Wildman–Crippen MR) is 87.1 cm³/mol. The fourth-order valence-electron chi connectivity index (χ4n) is 2.07. The van der Waals surface area contributed by atoms with Gasteiger partial charge < -0.3 is 14.0 Å². The predicted octanol–water partition coefficient (Wildman–Crippen LogP) is 3.33. The Morgan fingerprint density at radius 1 is 1.19 bits per heavy atom. The van der Waals surface area contributed by atoms with Crippen molar-refractivity contribution in [3.63, 3.8) is 0 Å². The van der Waals surface area contributed by atoms with Crippen LogP contribution < -0.4 is 10.2 Å². The van der Waals surface area contributed by atoms with Crippen molar-refractivity contribution in [3.05, 3.63) is 36.4 Å². The highest BCUT2D eigenvalue weighted by Crippen LogP contribution is 2.36. The molecule has 0 radical (unpaired) electrons. The van der Waals surface area contributed by atoms with Crippen molar-refractivity contribution in [3.8, 4) is 5.75 Å². The number of ether oxygens (including phenoxy) is 1. The van der Waals surface area contributed by atoms with E-state index in [-0.39, 0.29) is 18.3 Å². The molecule has 4 heteroatoms. The molecular formula is C17H25BO3. The molecule has 1 fully saturated rings. The molecule has 0 spiro atoms. The fraction of sp³-hybridized carbons (Fsp3) is 0.529. The normalized spacial score (nSPS) is 19.6. The molecule has 1 aliphatic rings. The van der Waals surface area contributed by atoms with Gasteiger partial charge in [0, 0.05) is 6.42 Å². The van der Waals surface area contributed by atoms with Gasteiger partial charge >= 0.3 is 7.12 Å². The van der Waals surface area contributed by atoms with Crippen molar-refractivity contribution in [1.82, 2.24) is 0 Å². The SMILES string of the molecule is C=C(C)CCOc1cccc(B2OC(C)(C)C(C)(C)O2)c1. The van der Waals surface area contributed by atoms with E-state index in [9.17, 15) is 0 Å². The zero-order valence-electron chi connectivity index (χ0n) is 13.7. The average molecular weight is 288 g/mol. The van der Waals surface area contributed by atoms with E-state index in [0.717, 1.165) is 23.2 Å². The Labute approximate surface area is 128 Å². The molecule has 3 nitrogen and oxygen atoms in total. The average Bonchev–Trinajstić information content (AvgIpc) is 2.58. The van der Waals surface area contributed by atoms with Crippen LogP contribution >= 0.6 is 0 Å². The summed E-state index contributed by atoms with van der Waals surface area (Å²) in [4.78, 5) is 0. The summed E-state index contributed by atoms with van der Waals surface area (Å²) in [6, 6.07) is 7.91. The van der Waals surface area contributed by atoms with E-state index in [1.807, 2.05) is 31.2 Å². The van der Waals surface area contributed by atoms with Crippen LogP contribution in [0.25, 0.3) is 0 Å². The van der Waals surface area contributed by atoms with Gasteiger partial charge in [-0.2, -0.15) is 0 Å². The maximum atomic E-state index is 6.06. The van der Waals surface area contributed by atoms with E-state index in [4.69, 9.17) is 14.0 Å². The van der Waals surface area contributed by atoms with Gasteiger partial charge in [-0.05, 0) is 52.2 Å². The molecule has 1 aliphatic heterocycles. The van der Waals surface area contributed by atoms with Crippen molar-refractivity contribution in [2.24, 2.45) is 0 Å². The standard InChI is InChI=1S/C17H25BO3/c1-13(2)10-11-19-15-9-7-8-14(12-15)18-20-16(3,4)17(5,6)21-18/h7-9,12H,1,10-11H2,2-6H3. The first-order chi connectivity index (χ1) is 9.71. The van der Waals surface area contributed by atoms with E-state index >= 15 is 0 Å². The van der Waals surface area contributed by atoms with Gasteiger partial charge in [0.15, 0.2) is 0 Å². The Hall–Kier alpha value is -1.26. The summed E-state index contributed by atoms with van der Waals surface area (Å²) in [5.74, 6) is 0.837. The summed E-state index contributed by atoms with van der Waals surface area (Å²) in [5, 5.41) is 0. The zero-order valence-corrected chi connectivity index (χ0v) is 13.7. The molecule has 1 aromatic carbocycles. The van der Waals surface area contributed by atoms with Gasteiger partial charge in [0.05, 0.1) is 17.8 Å². The third-order valence-electron chi connectivity index (χ3n) is 4.18. The number of rotatable bonds is 5. The molecule has 0 unspecified atom stereocenters. The molecule has 0 N–H and O–H groups in total. The minimum Gasteiger partial charge on any atom is -0.493 e. The maximum absolute atomic E-state index is 6.06. The first-order valence-corrected chi connectivity index (χ1v) is 7.44. The Balaban J connectivity index is 2.07. The van der Waals surface area contributed by atoms with Crippen LogP contribution in [0.5, 0.6) is 5.75 Å². The topological polar surface area (TPSA) is 27.7 Å². The summed E-state index contributed by atoms with van der Waals surface area (Å²) in [7, 11) is -0.348. The minimum absolute atomic E-state index is 0.325. The first kappa shape index (κ1) is 16.1. The summed E-state index contributed by atoms with van der Waals surface area (Å²) in [6.07, 6.45) is 0.862. The Morgan fingerprint density at radius 3 is 2.38 bits per heavy atom. The van der Waals surface area contributed by atoms with Crippen molar-refractivity contribution >= 4 is 12.6 Å². The summed E-state index contributed by atoms with van der Waals surface area (Å²) in [6.45, 7) is 14.7. The molecule has 0 saturated carbocycles. The molecule has 0 atom stereocenters. The van der Waals surface area contributed by atoms with Crippen LogP contribution in [0.3, 0.4) is 0 Å². The van der Waals surface area contributed by atoms with E-state index in [1.54, 1.807) is 0 Å². The Bertz CT molecular complexity index is 507.